The summed E-state index contributed by atoms with van der Waals surface area (Å²) in [6, 6.07) is 6.93. The van der Waals surface area contributed by atoms with Crippen molar-refractivity contribution in [3.8, 4) is 16.9 Å². The Hall–Kier alpha value is -2.05. The lowest BCUT2D eigenvalue weighted by Crippen LogP contribution is -2.27. The SMILES string of the molecule is COc1ccc(-c2ccc(C3CCC(OC)CO3)c(F)c2F)cc1F. The van der Waals surface area contributed by atoms with E-state index in [1.807, 2.05) is 0 Å². The Morgan fingerprint density at radius 1 is 1.00 bits per heavy atom. The summed E-state index contributed by atoms with van der Waals surface area (Å²) in [5.41, 5.74) is 0.406. The van der Waals surface area contributed by atoms with Gasteiger partial charge in [-0.1, -0.05) is 18.2 Å². The van der Waals surface area contributed by atoms with Gasteiger partial charge in [0.25, 0.3) is 0 Å². The summed E-state index contributed by atoms with van der Waals surface area (Å²) < 4.78 is 58.6. The molecule has 0 N–H and O–H groups in total. The van der Waals surface area contributed by atoms with E-state index in [0.29, 0.717) is 19.4 Å². The van der Waals surface area contributed by atoms with E-state index in [1.54, 1.807) is 7.11 Å². The van der Waals surface area contributed by atoms with Crippen molar-refractivity contribution in [3.05, 3.63) is 53.3 Å². The Bertz CT molecular complexity index is 756. The van der Waals surface area contributed by atoms with E-state index >= 15 is 0 Å². The highest BCUT2D eigenvalue weighted by Crippen LogP contribution is 2.35. The summed E-state index contributed by atoms with van der Waals surface area (Å²) in [5, 5.41) is 0. The molecule has 3 rings (SSSR count). The summed E-state index contributed by atoms with van der Waals surface area (Å²) in [4.78, 5) is 0. The van der Waals surface area contributed by atoms with Gasteiger partial charge in [0.1, 0.15) is 0 Å². The van der Waals surface area contributed by atoms with Crippen LogP contribution in [0.1, 0.15) is 24.5 Å². The predicted molar refractivity (Wildman–Crippen MR) is 87.0 cm³/mol. The summed E-state index contributed by atoms with van der Waals surface area (Å²) in [6.07, 6.45) is 0.729. The van der Waals surface area contributed by atoms with E-state index in [9.17, 15) is 13.2 Å². The molecule has 2 aromatic rings. The van der Waals surface area contributed by atoms with Gasteiger partial charge in [-0.05, 0) is 30.5 Å². The van der Waals surface area contributed by atoms with Crippen LogP contribution >= 0.6 is 0 Å². The van der Waals surface area contributed by atoms with Crippen LogP contribution in [-0.4, -0.2) is 26.9 Å². The number of benzene rings is 2. The number of hydrogen-bond acceptors (Lipinski definition) is 3. The molecule has 0 aliphatic carbocycles. The fourth-order valence-corrected chi connectivity index (χ4v) is 3.03. The highest BCUT2D eigenvalue weighted by molar-refractivity contribution is 5.66. The van der Waals surface area contributed by atoms with Gasteiger partial charge in [-0.2, -0.15) is 0 Å². The van der Waals surface area contributed by atoms with Crippen LogP contribution in [0.2, 0.25) is 0 Å². The molecule has 1 saturated heterocycles. The lowest BCUT2D eigenvalue weighted by atomic mass is 9.96. The first-order valence-electron chi connectivity index (χ1n) is 8.01. The van der Waals surface area contributed by atoms with Crippen LogP contribution in [0.4, 0.5) is 13.2 Å². The van der Waals surface area contributed by atoms with Gasteiger partial charge in [-0.15, -0.1) is 0 Å². The average Bonchev–Trinajstić information content (AvgIpc) is 2.64. The fourth-order valence-electron chi connectivity index (χ4n) is 3.03. The molecule has 1 aliphatic rings. The van der Waals surface area contributed by atoms with Gasteiger partial charge in [0, 0.05) is 18.2 Å². The second kappa shape index (κ2) is 7.45. The minimum atomic E-state index is -1.01. The van der Waals surface area contributed by atoms with Gasteiger partial charge < -0.3 is 14.2 Å². The third-order valence-electron chi connectivity index (χ3n) is 4.49. The molecule has 2 unspecified atom stereocenters. The van der Waals surface area contributed by atoms with E-state index in [0.717, 1.165) is 6.07 Å². The smallest absolute Gasteiger partial charge is 0.167 e. The molecule has 2 atom stereocenters. The van der Waals surface area contributed by atoms with Crippen LogP contribution in [0, 0.1) is 17.5 Å². The van der Waals surface area contributed by atoms with Crippen LogP contribution in [0.3, 0.4) is 0 Å². The lowest BCUT2D eigenvalue weighted by Gasteiger charge is -2.28. The summed E-state index contributed by atoms with van der Waals surface area (Å²) >= 11 is 0. The first kappa shape index (κ1) is 17.8. The van der Waals surface area contributed by atoms with Crippen molar-refractivity contribution in [2.75, 3.05) is 20.8 Å². The normalized spacial score (nSPS) is 20.5. The zero-order valence-electron chi connectivity index (χ0n) is 14.0. The van der Waals surface area contributed by atoms with E-state index < -0.39 is 23.6 Å². The first-order valence-corrected chi connectivity index (χ1v) is 8.01. The van der Waals surface area contributed by atoms with Crippen molar-refractivity contribution in [2.24, 2.45) is 0 Å². The van der Waals surface area contributed by atoms with Gasteiger partial charge in [0.15, 0.2) is 23.2 Å². The molecule has 6 heteroatoms. The van der Waals surface area contributed by atoms with Crippen LogP contribution in [-0.2, 0) is 9.47 Å². The fraction of sp³-hybridized carbons (Fsp3) is 0.368. The molecule has 1 heterocycles. The quantitative estimate of drug-likeness (QED) is 0.802. The molecule has 3 nitrogen and oxygen atoms in total. The monoisotopic (exact) mass is 352 g/mol. The van der Waals surface area contributed by atoms with E-state index in [2.05, 4.69) is 0 Å². The van der Waals surface area contributed by atoms with E-state index in [1.165, 1.54) is 31.4 Å². The maximum atomic E-state index is 14.6. The molecule has 134 valence electrons. The highest BCUT2D eigenvalue weighted by Gasteiger charge is 2.27. The number of hydrogen-bond donors (Lipinski definition) is 0. The number of rotatable bonds is 4. The summed E-state index contributed by atoms with van der Waals surface area (Å²) in [5.74, 6) is -2.57. The van der Waals surface area contributed by atoms with Gasteiger partial charge in [0.2, 0.25) is 0 Å². The Kier molecular flexibility index (Phi) is 5.30. The predicted octanol–water partition coefficient (Wildman–Crippen LogP) is 4.65. The van der Waals surface area contributed by atoms with E-state index in [4.69, 9.17) is 14.2 Å². The van der Waals surface area contributed by atoms with Crippen molar-refractivity contribution in [1.82, 2.24) is 0 Å². The standard InChI is InChI=1S/C19H19F3O3/c1-23-12-4-8-16(25-10-12)14-6-5-13(18(21)19(14)22)11-3-7-17(24-2)15(20)9-11/h3,5-7,9,12,16H,4,8,10H2,1-2H3. The lowest BCUT2D eigenvalue weighted by molar-refractivity contribution is -0.0736. The molecule has 0 amide bonds. The Morgan fingerprint density at radius 2 is 1.80 bits per heavy atom. The van der Waals surface area contributed by atoms with E-state index in [-0.39, 0.29) is 28.5 Å². The maximum Gasteiger partial charge on any atom is 0.167 e. The van der Waals surface area contributed by atoms with Crippen molar-refractivity contribution >= 4 is 0 Å². The highest BCUT2D eigenvalue weighted by atomic mass is 19.2. The summed E-state index contributed by atoms with van der Waals surface area (Å²) in [6.45, 7) is 0.341. The summed E-state index contributed by atoms with van der Waals surface area (Å²) in [7, 11) is 2.93. The largest absolute Gasteiger partial charge is 0.494 e. The molecule has 0 spiro atoms. The Morgan fingerprint density at radius 3 is 2.40 bits per heavy atom. The minimum absolute atomic E-state index is 0.00613. The molecular formula is C19H19F3O3. The van der Waals surface area contributed by atoms with Gasteiger partial charge >= 0.3 is 0 Å². The third kappa shape index (κ3) is 3.50. The maximum absolute atomic E-state index is 14.6. The third-order valence-corrected chi connectivity index (χ3v) is 4.49. The zero-order chi connectivity index (χ0) is 18.0. The molecular weight excluding hydrogens is 333 g/mol. The van der Waals surface area contributed by atoms with Gasteiger partial charge in [-0.25, -0.2) is 13.2 Å². The first-order chi connectivity index (χ1) is 12.0. The average molecular weight is 352 g/mol. The van der Waals surface area contributed by atoms with Gasteiger partial charge in [-0.3, -0.25) is 0 Å². The van der Waals surface area contributed by atoms with Crippen LogP contribution < -0.4 is 4.74 Å². The second-order valence-corrected chi connectivity index (χ2v) is 5.94. The molecule has 1 aliphatic heterocycles. The van der Waals surface area contributed by atoms with Crippen LogP contribution in [0.25, 0.3) is 11.1 Å². The minimum Gasteiger partial charge on any atom is -0.494 e. The van der Waals surface area contributed by atoms with Crippen LogP contribution in [0.5, 0.6) is 5.75 Å². The number of ether oxygens (including phenoxy) is 3. The molecule has 0 saturated carbocycles. The van der Waals surface area contributed by atoms with Crippen LogP contribution in [0.15, 0.2) is 30.3 Å². The molecule has 0 bridgehead atoms. The molecule has 2 aromatic carbocycles. The van der Waals surface area contributed by atoms with Crippen molar-refractivity contribution in [1.29, 1.82) is 0 Å². The van der Waals surface area contributed by atoms with Crippen molar-refractivity contribution in [2.45, 2.75) is 25.0 Å². The van der Waals surface area contributed by atoms with Crippen molar-refractivity contribution in [3.63, 3.8) is 0 Å². The Balaban J connectivity index is 1.89. The topological polar surface area (TPSA) is 27.7 Å². The molecule has 25 heavy (non-hydrogen) atoms. The second-order valence-electron chi connectivity index (χ2n) is 5.94. The number of methoxy groups -OCH3 is 2. The van der Waals surface area contributed by atoms with Gasteiger partial charge in [0.05, 0.1) is 25.9 Å². The zero-order valence-corrected chi connectivity index (χ0v) is 14.0. The van der Waals surface area contributed by atoms with Crippen molar-refractivity contribution < 1.29 is 27.4 Å². The Labute approximate surface area is 144 Å². The molecule has 0 aromatic heterocycles. The number of halogens is 3. The molecule has 0 radical (unpaired) electrons. The molecule has 1 fully saturated rings.